The van der Waals surface area contributed by atoms with E-state index < -0.39 is 6.10 Å². The summed E-state index contributed by atoms with van der Waals surface area (Å²) in [5.41, 5.74) is 0. The molecule has 0 aliphatic heterocycles. The van der Waals surface area contributed by atoms with Crippen molar-refractivity contribution in [3.05, 3.63) is 0 Å². The molecule has 0 bridgehead atoms. The first kappa shape index (κ1) is 14.8. The average molecular weight is 219 g/mol. The van der Waals surface area contributed by atoms with Crippen LogP contribution in [0.5, 0.6) is 0 Å². The van der Waals surface area contributed by atoms with Crippen molar-refractivity contribution in [1.82, 2.24) is 5.32 Å². The van der Waals surface area contributed by atoms with Crippen LogP contribution in [0.4, 0.5) is 0 Å². The van der Waals surface area contributed by atoms with Gasteiger partial charge in [0, 0.05) is 26.8 Å². The zero-order valence-corrected chi connectivity index (χ0v) is 10.2. The van der Waals surface area contributed by atoms with E-state index in [0.29, 0.717) is 25.8 Å². The van der Waals surface area contributed by atoms with E-state index in [1.54, 1.807) is 14.2 Å². The van der Waals surface area contributed by atoms with Gasteiger partial charge in [-0.05, 0) is 6.42 Å². The van der Waals surface area contributed by atoms with Gasteiger partial charge in [-0.15, -0.1) is 0 Å². The summed E-state index contributed by atoms with van der Waals surface area (Å²) in [7, 11) is 3.29. The zero-order valence-electron chi connectivity index (χ0n) is 10.2. The molecule has 0 amide bonds. The molecule has 0 radical (unpaired) electrons. The van der Waals surface area contributed by atoms with Crippen molar-refractivity contribution in [3.8, 4) is 0 Å². The van der Waals surface area contributed by atoms with Crippen LogP contribution < -0.4 is 5.32 Å². The fraction of sp³-hybridized carbons (Fsp3) is 1.00. The molecule has 2 unspecified atom stereocenters. The van der Waals surface area contributed by atoms with Crippen LogP contribution in [0, 0.1) is 0 Å². The molecule has 0 aliphatic carbocycles. The molecule has 0 rings (SSSR count). The molecule has 0 fully saturated rings. The maximum atomic E-state index is 9.46. The minimum atomic E-state index is -0.434. The number of aliphatic hydroxyl groups is 1. The zero-order chi connectivity index (χ0) is 11.5. The molecule has 0 aromatic heterocycles. The lowest BCUT2D eigenvalue weighted by Crippen LogP contribution is -2.39. The van der Waals surface area contributed by atoms with Crippen LogP contribution in [-0.2, 0) is 9.47 Å². The van der Waals surface area contributed by atoms with Crippen molar-refractivity contribution in [2.75, 3.05) is 34.0 Å². The van der Waals surface area contributed by atoms with Gasteiger partial charge in [-0.25, -0.2) is 0 Å². The molecule has 2 N–H and O–H groups in total. The molecular weight excluding hydrogens is 194 g/mol. The molecule has 0 saturated heterocycles. The monoisotopic (exact) mass is 219 g/mol. The van der Waals surface area contributed by atoms with Gasteiger partial charge in [0.2, 0.25) is 0 Å². The highest BCUT2D eigenvalue weighted by Crippen LogP contribution is 2.01. The van der Waals surface area contributed by atoms with E-state index >= 15 is 0 Å². The van der Waals surface area contributed by atoms with Crippen molar-refractivity contribution in [2.24, 2.45) is 0 Å². The Kier molecular flexibility index (Phi) is 10.3. The fourth-order valence-corrected chi connectivity index (χ4v) is 1.45. The van der Waals surface area contributed by atoms with Gasteiger partial charge >= 0.3 is 0 Å². The maximum Gasteiger partial charge on any atom is 0.0897 e. The second-order valence-corrected chi connectivity index (χ2v) is 3.81. The largest absolute Gasteiger partial charge is 0.389 e. The van der Waals surface area contributed by atoms with E-state index in [2.05, 4.69) is 12.2 Å². The third-order valence-electron chi connectivity index (χ3n) is 2.28. The number of methoxy groups -OCH3 is 2. The van der Waals surface area contributed by atoms with Crippen LogP contribution >= 0.6 is 0 Å². The SMILES string of the molecule is CCCCC(COC)NCC(O)COC. The Morgan fingerprint density at radius 1 is 1.20 bits per heavy atom. The van der Waals surface area contributed by atoms with Gasteiger partial charge in [0.05, 0.1) is 19.3 Å². The Balaban J connectivity index is 3.63. The first-order valence-electron chi connectivity index (χ1n) is 5.63. The third kappa shape index (κ3) is 8.81. The molecule has 92 valence electrons. The van der Waals surface area contributed by atoms with Crippen molar-refractivity contribution in [2.45, 2.75) is 38.3 Å². The Bertz CT molecular complexity index is 133. The van der Waals surface area contributed by atoms with Crippen LogP contribution in [0.2, 0.25) is 0 Å². The second kappa shape index (κ2) is 10.4. The van der Waals surface area contributed by atoms with Crippen molar-refractivity contribution in [3.63, 3.8) is 0 Å². The van der Waals surface area contributed by atoms with E-state index in [-0.39, 0.29) is 0 Å². The van der Waals surface area contributed by atoms with Crippen LogP contribution in [0.3, 0.4) is 0 Å². The van der Waals surface area contributed by atoms with Crippen LogP contribution in [0.25, 0.3) is 0 Å². The average Bonchev–Trinajstić information content (AvgIpc) is 2.22. The van der Waals surface area contributed by atoms with Crippen LogP contribution in [0.1, 0.15) is 26.2 Å². The van der Waals surface area contributed by atoms with Crippen molar-refractivity contribution in [1.29, 1.82) is 0 Å². The summed E-state index contributed by atoms with van der Waals surface area (Å²) in [5, 5.41) is 12.7. The van der Waals surface area contributed by atoms with Crippen molar-refractivity contribution >= 4 is 0 Å². The molecular formula is C11H25NO3. The number of ether oxygens (including phenoxy) is 2. The number of aliphatic hydroxyl groups excluding tert-OH is 1. The fourth-order valence-electron chi connectivity index (χ4n) is 1.45. The van der Waals surface area contributed by atoms with Gasteiger partial charge in [0.15, 0.2) is 0 Å². The summed E-state index contributed by atoms with van der Waals surface area (Å²) in [6.45, 7) is 3.80. The molecule has 4 heteroatoms. The van der Waals surface area contributed by atoms with Gasteiger partial charge in [0.25, 0.3) is 0 Å². The van der Waals surface area contributed by atoms with Crippen LogP contribution in [-0.4, -0.2) is 51.2 Å². The molecule has 0 aromatic rings. The summed E-state index contributed by atoms with van der Waals surface area (Å²) in [5.74, 6) is 0. The van der Waals surface area contributed by atoms with Gasteiger partial charge in [-0.2, -0.15) is 0 Å². The molecule has 0 saturated carbocycles. The molecule has 0 heterocycles. The highest BCUT2D eigenvalue weighted by Gasteiger charge is 2.10. The number of hydrogen-bond acceptors (Lipinski definition) is 4. The van der Waals surface area contributed by atoms with E-state index in [4.69, 9.17) is 9.47 Å². The lowest BCUT2D eigenvalue weighted by Gasteiger charge is -2.19. The Hall–Kier alpha value is -0.160. The molecule has 15 heavy (non-hydrogen) atoms. The van der Waals surface area contributed by atoms with Gasteiger partial charge in [-0.3, -0.25) is 0 Å². The summed E-state index contributed by atoms with van der Waals surface area (Å²) in [6, 6.07) is 0.335. The summed E-state index contributed by atoms with van der Waals surface area (Å²) >= 11 is 0. The predicted octanol–water partition coefficient (Wildman–Crippen LogP) is 0.788. The highest BCUT2D eigenvalue weighted by molar-refractivity contribution is 4.68. The normalized spacial score (nSPS) is 15.2. The van der Waals surface area contributed by atoms with E-state index in [1.165, 1.54) is 12.8 Å². The minimum Gasteiger partial charge on any atom is -0.389 e. The number of nitrogens with one attached hydrogen (secondary N) is 1. The topological polar surface area (TPSA) is 50.7 Å². The third-order valence-corrected chi connectivity index (χ3v) is 2.28. The van der Waals surface area contributed by atoms with Crippen molar-refractivity contribution < 1.29 is 14.6 Å². The van der Waals surface area contributed by atoms with Crippen LogP contribution in [0.15, 0.2) is 0 Å². The van der Waals surface area contributed by atoms with Gasteiger partial charge < -0.3 is 19.9 Å². The lowest BCUT2D eigenvalue weighted by molar-refractivity contribution is 0.0588. The first-order valence-corrected chi connectivity index (χ1v) is 5.63. The quantitative estimate of drug-likeness (QED) is 0.570. The standard InChI is InChI=1S/C11H25NO3/c1-4-5-6-10(8-14-2)12-7-11(13)9-15-3/h10-13H,4-9H2,1-3H3. The van der Waals surface area contributed by atoms with E-state index in [9.17, 15) is 5.11 Å². The number of hydrogen-bond donors (Lipinski definition) is 2. The number of unbranched alkanes of at least 4 members (excludes halogenated alkanes) is 1. The molecule has 2 atom stereocenters. The maximum absolute atomic E-state index is 9.46. The number of rotatable bonds is 10. The molecule has 0 aliphatic rings. The van der Waals surface area contributed by atoms with Gasteiger partial charge in [0.1, 0.15) is 0 Å². The summed E-state index contributed by atoms with van der Waals surface area (Å²) < 4.78 is 9.97. The predicted molar refractivity (Wildman–Crippen MR) is 61.1 cm³/mol. The first-order chi connectivity index (χ1) is 7.24. The van der Waals surface area contributed by atoms with E-state index in [1.807, 2.05) is 0 Å². The Labute approximate surface area is 93.0 Å². The molecule has 0 aromatic carbocycles. The van der Waals surface area contributed by atoms with E-state index in [0.717, 1.165) is 6.42 Å². The lowest BCUT2D eigenvalue weighted by atomic mass is 10.1. The Morgan fingerprint density at radius 2 is 1.87 bits per heavy atom. The summed E-state index contributed by atoms with van der Waals surface area (Å²) in [6.07, 6.45) is 3.02. The Morgan fingerprint density at radius 3 is 2.40 bits per heavy atom. The highest BCUT2D eigenvalue weighted by atomic mass is 16.5. The summed E-state index contributed by atoms with van der Waals surface area (Å²) in [4.78, 5) is 0. The second-order valence-electron chi connectivity index (χ2n) is 3.81. The molecule has 0 spiro atoms. The minimum absolute atomic E-state index is 0.335. The van der Waals surface area contributed by atoms with Gasteiger partial charge in [-0.1, -0.05) is 19.8 Å². The molecule has 4 nitrogen and oxygen atoms in total. The smallest absolute Gasteiger partial charge is 0.0897 e.